The second-order valence-electron chi connectivity index (χ2n) is 5.61. The topological polar surface area (TPSA) is 35.5 Å². The first kappa shape index (κ1) is 15.6. The number of rotatable bonds is 3. The lowest BCUT2D eigenvalue weighted by molar-refractivity contribution is -0.119. The summed E-state index contributed by atoms with van der Waals surface area (Å²) in [6.07, 6.45) is 2.61. The fraction of sp³-hybridized carbons (Fsp3) is 0.389. The molecule has 22 heavy (non-hydrogen) atoms. The van der Waals surface area contributed by atoms with Gasteiger partial charge in [-0.3, -0.25) is 4.79 Å². The van der Waals surface area contributed by atoms with Gasteiger partial charge >= 0.3 is 0 Å². The molecule has 0 aromatic heterocycles. The second kappa shape index (κ2) is 6.44. The summed E-state index contributed by atoms with van der Waals surface area (Å²) < 4.78 is 11.4. The Hall–Kier alpha value is -1.30. The lowest BCUT2D eigenvalue weighted by Crippen LogP contribution is -2.27. The highest BCUT2D eigenvalue weighted by molar-refractivity contribution is 14.1. The van der Waals surface area contributed by atoms with Gasteiger partial charge in [0.25, 0.3) is 0 Å². The van der Waals surface area contributed by atoms with Crippen LogP contribution in [0.25, 0.3) is 10.8 Å². The molecule has 0 radical (unpaired) electrons. The van der Waals surface area contributed by atoms with E-state index in [4.69, 9.17) is 9.47 Å². The molecule has 0 amide bonds. The van der Waals surface area contributed by atoms with E-state index in [0.717, 1.165) is 40.7 Å². The first-order valence-corrected chi connectivity index (χ1v) is 8.72. The van der Waals surface area contributed by atoms with Crippen LogP contribution in [0.3, 0.4) is 0 Å². The zero-order chi connectivity index (χ0) is 15.7. The predicted molar refractivity (Wildman–Crippen MR) is 96.5 cm³/mol. The van der Waals surface area contributed by atoms with Crippen LogP contribution in [0.4, 0.5) is 0 Å². The molecule has 2 atom stereocenters. The van der Waals surface area contributed by atoms with Gasteiger partial charge in [0.15, 0.2) is 0 Å². The van der Waals surface area contributed by atoms with Gasteiger partial charge in [0, 0.05) is 23.3 Å². The van der Waals surface area contributed by atoms with E-state index in [1.54, 1.807) is 14.2 Å². The van der Waals surface area contributed by atoms with Crippen LogP contribution in [0.2, 0.25) is 0 Å². The standard InChI is InChI=1S/C18H19IO3/c1-21-15-10-11-6-3-4-7-12(11)18(22-2)16(15)13-8-5-9-14(20)17(13)19/h3-4,6-7,10,13,17H,5,8-9H2,1-2H3. The minimum atomic E-state index is -0.0182. The minimum absolute atomic E-state index is 0.0182. The smallest absolute Gasteiger partial charge is 0.146 e. The summed E-state index contributed by atoms with van der Waals surface area (Å²) in [5.74, 6) is 2.14. The molecule has 0 N–H and O–H groups in total. The first-order valence-electron chi connectivity index (χ1n) is 7.47. The number of benzene rings is 2. The van der Waals surface area contributed by atoms with E-state index in [2.05, 4.69) is 40.8 Å². The Morgan fingerprint density at radius 1 is 1.18 bits per heavy atom. The molecule has 1 fully saturated rings. The number of Topliss-reactive ketones (excluding diaryl/α,β-unsaturated/α-hetero) is 1. The van der Waals surface area contributed by atoms with Gasteiger partial charge in [-0.05, 0) is 24.3 Å². The number of fused-ring (bicyclic) bond motifs is 1. The Balaban J connectivity index is 2.24. The van der Waals surface area contributed by atoms with Gasteiger partial charge in [-0.2, -0.15) is 0 Å². The summed E-state index contributed by atoms with van der Waals surface area (Å²) in [5.41, 5.74) is 1.04. The van der Waals surface area contributed by atoms with E-state index in [-0.39, 0.29) is 9.84 Å². The normalized spacial score (nSPS) is 21.9. The Labute approximate surface area is 144 Å². The number of hydrogen-bond donors (Lipinski definition) is 0. The van der Waals surface area contributed by atoms with Crippen molar-refractivity contribution in [2.24, 2.45) is 0 Å². The van der Waals surface area contributed by atoms with Gasteiger partial charge in [-0.25, -0.2) is 0 Å². The molecule has 116 valence electrons. The van der Waals surface area contributed by atoms with Crippen LogP contribution >= 0.6 is 22.6 Å². The van der Waals surface area contributed by atoms with Crippen LogP contribution in [-0.2, 0) is 4.79 Å². The van der Waals surface area contributed by atoms with Crippen molar-refractivity contribution in [3.63, 3.8) is 0 Å². The molecule has 1 saturated carbocycles. The molecule has 2 unspecified atom stereocenters. The highest BCUT2D eigenvalue weighted by atomic mass is 127. The number of ether oxygens (including phenoxy) is 2. The Bertz CT molecular complexity index is 711. The van der Waals surface area contributed by atoms with Crippen LogP contribution in [0.5, 0.6) is 11.5 Å². The molecule has 2 aromatic carbocycles. The third-order valence-corrected chi connectivity index (χ3v) is 5.96. The molecule has 1 aliphatic carbocycles. The molecule has 0 bridgehead atoms. The average molecular weight is 410 g/mol. The number of hydrogen-bond acceptors (Lipinski definition) is 3. The van der Waals surface area contributed by atoms with Gasteiger partial charge in [-0.1, -0.05) is 46.9 Å². The van der Waals surface area contributed by atoms with Crippen molar-refractivity contribution in [3.8, 4) is 11.5 Å². The van der Waals surface area contributed by atoms with Crippen LogP contribution in [0.1, 0.15) is 30.7 Å². The fourth-order valence-electron chi connectivity index (χ4n) is 3.34. The number of carbonyl (C=O) groups is 1. The Morgan fingerprint density at radius 2 is 1.95 bits per heavy atom. The maximum Gasteiger partial charge on any atom is 0.146 e. The molecule has 2 aromatic rings. The second-order valence-corrected chi connectivity index (χ2v) is 6.96. The highest BCUT2D eigenvalue weighted by Crippen LogP contribution is 2.47. The van der Waals surface area contributed by atoms with E-state index in [0.29, 0.717) is 12.2 Å². The van der Waals surface area contributed by atoms with E-state index in [9.17, 15) is 4.79 Å². The summed E-state index contributed by atoms with van der Waals surface area (Å²) in [4.78, 5) is 12.2. The van der Waals surface area contributed by atoms with Gasteiger partial charge in [0.05, 0.1) is 18.1 Å². The van der Waals surface area contributed by atoms with E-state index in [1.807, 2.05) is 12.1 Å². The number of alkyl halides is 1. The van der Waals surface area contributed by atoms with Crippen molar-refractivity contribution in [2.45, 2.75) is 29.1 Å². The van der Waals surface area contributed by atoms with Crippen molar-refractivity contribution in [1.82, 2.24) is 0 Å². The summed E-state index contributed by atoms with van der Waals surface area (Å²) in [7, 11) is 3.37. The Kier molecular flexibility index (Phi) is 4.57. The number of methoxy groups -OCH3 is 2. The monoisotopic (exact) mass is 410 g/mol. The minimum Gasteiger partial charge on any atom is -0.496 e. The molecule has 4 heteroatoms. The molecule has 0 heterocycles. The SMILES string of the molecule is COc1cc2ccccc2c(OC)c1C1CCCC(=O)C1I. The number of carbonyl (C=O) groups excluding carboxylic acids is 1. The van der Waals surface area contributed by atoms with Crippen LogP contribution in [0, 0.1) is 0 Å². The van der Waals surface area contributed by atoms with Crippen molar-refractivity contribution < 1.29 is 14.3 Å². The third-order valence-electron chi connectivity index (χ3n) is 4.40. The van der Waals surface area contributed by atoms with E-state index in [1.165, 1.54) is 0 Å². The molecule has 3 rings (SSSR count). The molecule has 0 saturated heterocycles. The summed E-state index contributed by atoms with van der Waals surface area (Å²) in [6, 6.07) is 10.2. The maximum atomic E-state index is 12.2. The van der Waals surface area contributed by atoms with Crippen molar-refractivity contribution in [3.05, 3.63) is 35.9 Å². The molecule has 3 nitrogen and oxygen atoms in total. The lowest BCUT2D eigenvalue weighted by atomic mass is 9.81. The third kappa shape index (κ3) is 2.57. The largest absolute Gasteiger partial charge is 0.496 e. The average Bonchev–Trinajstić information content (AvgIpc) is 2.55. The number of halogens is 1. The first-order chi connectivity index (χ1) is 10.7. The Morgan fingerprint density at radius 3 is 2.68 bits per heavy atom. The van der Waals surface area contributed by atoms with Crippen LogP contribution < -0.4 is 9.47 Å². The van der Waals surface area contributed by atoms with Crippen molar-refractivity contribution in [2.75, 3.05) is 14.2 Å². The molecule has 0 spiro atoms. The summed E-state index contributed by atoms with van der Waals surface area (Å²) in [6.45, 7) is 0. The van der Waals surface area contributed by atoms with Gasteiger partial charge < -0.3 is 9.47 Å². The highest BCUT2D eigenvalue weighted by Gasteiger charge is 2.35. The van der Waals surface area contributed by atoms with Crippen molar-refractivity contribution in [1.29, 1.82) is 0 Å². The zero-order valence-corrected chi connectivity index (χ0v) is 14.9. The zero-order valence-electron chi connectivity index (χ0n) is 12.8. The van der Waals surface area contributed by atoms with Crippen LogP contribution in [0.15, 0.2) is 30.3 Å². The fourth-order valence-corrected chi connectivity index (χ4v) is 4.37. The van der Waals surface area contributed by atoms with Gasteiger partial charge in [0.1, 0.15) is 17.3 Å². The number of ketones is 1. The lowest BCUT2D eigenvalue weighted by Gasteiger charge is -2.29. The molecular formula is C18H19IO3. The quantitative estimate of drug-likeness (QED) is 0.553. The summed E-state index contributed by atoms with van der Waals surface area (Å²) >= 11 is 2.28. The molecule has 0 aliphatic heterocycles. The van der Waals surface area contributed by atoms with E-state index < -0.39 is 0 Å². The summed E-state index contributed by atoms with van der Waals surface area (Å²) in [5, 5.41) is 2.16. The van der Waals surface area contributed by atoms with E-state index >= 15 is 0 Å². The molecular weight excluding hydrogens is 391 g/mol. The van der Waals surface area contributed by atoms with Crippen LogP contribution in [-0.4, -0.2) is 23.9 Å². The van der Waals surface area contributed by atoms with Crippen molar-refractivity contribution >= 4 is 39.1 Å². The maximum absolute atomic E-state index is 12.2. The van der Waals surface area contributed by atoms with Gasteiger partial charge in [-0.15, -0.1) is 0 Å². The molecule has 1 aliphatic rings. The predicted octanol–water partition coefficient (Wildman–Crippen LogP) is 4.50. The van der Waals surface area contributed by atoms with Gasteiger partial charge in [0.2, 0.25) is 0 Å².